The van der Waals surface area contributed by atoms with Gasteiger partial charge in [0.2, 0.25) is 0 Å². The molecule has 0 aromatic heterocycles. The highest BCUT2D eigenvalue weighted by molar-refractivity contribution is 6.18. The van der Waals surface area contributed by atoms with E-state index >= 15 is 0 Å². The maximum absolute atomic E-state index is 12.7. The first kappa shape index (κ1) is 17.1. The van der Waals surface area contributed by atoms with Gasteiger partial charge < -0.3 is 16.5 Å². The van der Waals surface area contributed by atoms with Crippen molar-refractivity contribution < 1.29 is 13.6 Å². The van der Waals surface area contributed by atoms with Gasteiger partial charge in [0.05, 0.1) is 11.3 Å². The molecule has 4 nitrogen and oxygen atoms in total. The van der Waals surface area contributed by atoms with Crippen molar-refractivity contribution in [2.24, 2.45) is 5.73 Å². The maximum atomic E-state index is 12.7. The average Bonchev–Trinajstić information content (AvgIpc) is 2.70. The second-order valence-electron chi connectivity index (χ2n) is 6.52. The lowest BCUT2D eigenvalue weighted by molar-refractivity contribution is -0.112. The number of halogens is 2. The fourth-order valence-corrected chi connectivity index (χ4v) is 3.36. The smallest absolute Gasteiger partial charge is 0.278 e. The van der Waals surface area contributed by atoms with Crippen LogP contribution in [0.1, 0.15) is 44.2 Å². The summed E-state index contributed by atoms with van der Waals surface area (Å²) in [6.45, 7) is 6.35. The van der Waals surface area contributed by atoms with Gasteiger partial charge in [-0.15, -0.1) is 0 Å². The van der Waals surface area contributed by atoms with E-state index in [4.69, 9.17) is 11.1 Å². The predicted molar refractivity (Wildman–Crippen MR) is 87.1 cm³/mol. The predicted octanol–water partition coefficient (Wildman–Crippen LogP) is 3.54. The molecule has 0 spiro atoms. The lowest BCUT2D eigenvalue weighted by Crippen LogP contribution is -2.23. The zero-order valence-electron chi connectivity index (χ0n) is 13.4. The van der Waals surface area contributed by atoms with Gasteiger partial charge in [-0.2, -0.15) is 0 Å². The highest BCUT2D eigenvalue weighted by Gasteiger charge is 2.36. The number of carbonyl (C=O) groups excluding carboxylic acids is 1. The molecule has 0 heterocycles. The largest absolute Gasteiger partial charge is 0.397 e. The summed E-state index contributed by atoms with van der Waals surface area (Å²) in [5.41, 5.74) is 6.57. The molecule has 4 N–H and O–H groups in total. The quantitative estimate of drug-likeness (QED) is 0.586. The van der Waals surface area contributed by atoms with Crippen molar-refractivity contribution in [3.05, 3.63) is 40.6 Å². The molecule has 1 atom stereocenters. The number of allylic oxidation sites excluding steroid dienone is 1. The number of nitrogens with two attached hydrogens (primary N) is 1. The lowest BCUT2D eigenvalue weighted by Gasteiger charge is -2.19. The Morgan fingerprint density at radius 3 is 2.70 bits per heavy atom. The summed E-state index contributed by atoms with van der Waals surface area (Å²) < 4.78 is 25.4. The Morgan fingerprint density at radius 1 is 1.48 bits per heavy atom. The second kappa shape index (κ2) is 6.10. The molecule has 0 saturated heterocycles. The van der Waals surface area contributed by atoms with E-state index in [1.165, 1.54) is 0 Å². The van der Waals surface area contributed by atoms with E-state index in [9.17, 15) is 13.6 Å². The van der Waals surface area contributed by atoms with Crippen molar-refractivity contribution in [1.82, 2.24) is 0 Å². The molecule has 124 valence electrons. The fraction of sp³-hybridized carbons (Fsp3) is 0.412. The molecule has 1 amide bonds. The molecule has 0 aliphatic heterocycles. The first-order chi connectivity index (χ1) is 10.7. The van der Waals surface area contributed by atoms with Crippen molar-refractivity contribution in [3.8, 4) is 0 Å². The number of hydrogen-bond acceptors (Lipinski definition) is 3. The van der Waals surface area contributed by atoms with Crippen LogP contribution in [-0.4, -0.2) is 18.5 Å². The molecular formula is C17H21F2N3O. The van der Waals surface area contributed by atoms with Crippen LogP contribution >= 0.6 is 0 Å². The summed E-state index contributed by atoms with van der Waals surface area (Å²) in [5.74, 6) is -0.542. The van der Waals surface area contributed by atoms with Crippen LogP contribution in [0.25, 0.3) is 0 Å². The Kier molecular flexibility index (Phi) is 4.54. The minimum Gasteiger partial charge on any atom is -0.397 e. The summed E-state index contributed by atoms with van der Waals surface area (Å²) >= 11 is 0. The van der Waals surface area contributed by atoms with E-state index in [2.05, 4.69) is 26.1 Å². The Balaban J connectivity index is 2.40. The van der Waals surface area contributed by atoms with Gasteiger partial charge in [-0.1, -0.05) is 32.9 Å². The number of fused-ring (bicyclic) bond motifs is 1. The van der Waals surface area contributed by atoms with Crippen molar-refractivity contribution in [2.45, 2.75) is 45.0 Å². The number of alkyl halides is 2. The zero-order chi connectivity index (χ0) is 17.4. The van der Waals surface area contributed by atoms with Crippen LogP contribution in [0.15, 0.2) is 29.5 Å². The van der Waals surface area contributed by atoms with E-state index in [-0.39, 0.29) is 11.3 Å². The molecule has 1 aromatic rings. The fourth-order valence-electron chi connectivity index (χ4n) is 3.36. The third-order valence-electron chi connectivity index (χ3n) is 4.33. The molecule has 2 rings (SSSR count). The molecule has 0 saturated carbocycles. The Bertz CT molecular complexity index is 680. The van der Waals surface area contributed by atoms with Crippen molar-refractivity contribution in [2.75, 3.05) is 5.32 Å². The molecule has 0 bridgehead atoms. The van der Waals surface area contributed by atoms with Gasteiger partial charge in [-0.25, -0.2) is 8.78 Å². The lowest BCUT2D eigenvalue weighted by atomic mass is 9.86. The molecule has 23 heavy (non-hydrogen) atoms. The average molecular weight is 321 g/mol. The van der Waals surface area contributed by atoms with Crippen LogP contribution in [0.3, 0.4) is 0 Å². The van der Waals surface area contributed by atoms with E-state index in [1.807, 2.05) is 12.1 Å². The van der Waals surface area contributed by atoms with Crippen LogP contribution in [0.4, 0.5) is 14.5 Å². The topological polar surface area (TPSA) is 79.0 Å². The van der Waals surface area contributed by atoms with Gasteiger partial charge in [-0.3, -0.25) is 4.79 Å². The molecule has 1 aliphatic carbocycles. The third-order valence-corrected chi connectivity index (χ3v) is 4.33. The molecule has 1 aliphatic rings. The molecule has 0 unspecified atom stereocenters. The number of anilines is 1. The Morgan fingerprint density at radius 2 is 2.13 bits per heavy atom. The van der Waals surface area contributed by atoms with Gasteiger partial charge in [0.1, 0.15) is 0 Å². The summed E-state index contributed by atoms with van der Waals surface area (Å²) in [4.78, 5) is 12.2. The number of nitrogens with one attached hydrogen (secondary N) is 2. The van der Waals surface area contributed by atoms with E-state index in [0.29, 0.717) is 11.9 Å². The minimum atomic E-state index is -2.98. The van der Waals surface area contributed by atoms with Crippen LogP contribution < -0.4 is 11.1 Å². The zero-order valence-corrected chi connectivity index (χ0v) is 13.4. The van der Waals surface area contributed by atoms with Crippen molar-refractivity contribution in [1.29, 1.82) is 5.41 Å². The van der Waals surface area contributed by atoms with E-state index in [1.54, 1.807) is 6.07 Å². The number of rotatable bonds is 4. The summed E-state index contributed by atoms with van der Waals surface area (Å²) in [6.07, 6.45) is -1.47. The normalized spacial score (nSPS) is 20.0. The number of amides is 1. The van der Waals surface area contributed by atoms with Crippen LogP contribution in [-0.2, 0) is 10.2 Å². The highest BCUT2D eigenvalue weighted by Crippen LogP contribution is 2.48. The van der Waals surface area contributed by atoms with Gasteiger partial charge in [-0.05, 0) is 34.9 Å². The SMILES string of the molecule is C[C@@H]1CC(C)(C)c2cccc(NC(=O)C(C=N)=C(N)C(F)F)c21. The van der Waals surface area contributed by atoms with E-state index in [0.717, 1.165) is 17.5 Å². The van der Waals surface area contributed by atoms with Gasteiger partial charge in [0.25, 0.3) is 12.3 Å². The Labute approximate surface area is 134 Å². The monoisotopic (exact) mass is 321 g/mol. The van der Waals surface area contributed by atoms with Crippen LogP contribution in [0, 0.1) is 5.41 Å². The number of hydrogen-bond donors (Lipinski definition) is 3. The maximum Gasteiger partial charge on any atom is 0.278 e. The molecule has 6 heteroatoms. The molecular weight excluding hydrogens is 300 g/mol. The van der Waals surface area contributed by atoms with Gasteiger partial charge in [0, 0.05) is 11.9 Å². The highest BCUT2D eigenvalue weighted by atomic mass is 19.3. The van der Waals surface area contributed by atoms with Gasteiger partial charge >= 0.3 is 0 Å². The van der Waals surface area contributed by atoms with Crippen molar-refractivity contribution in [3.63, 3.8) is 0 Å². The minimum absolute atomic E-state index is 0.00228. The first-order valence-electron chi connectivity index (χ1n) is 7.42. The first-order valence-corrected chi connectivity index (χ1v) is 7.42. The number of benzene rings is 1. The molecule has 1 aromatic carbocycles. The van der Waals surface area contributed by atoms with Gasteiger partial charge in [0.15, 0.2) is 0 Å². The second-order valence-corrected chi connectivity index (χ2v) is 6.52. The number of carbonyl (C=O) groups is 1. The molecule has 0 fully saturated rings. The summed E-state index contributed by atoms with van der Waals surface area (Å²) in [5, 5.41) is 9.81. The molecule has 0 radical (unpaired) electrons. The Hall–Kier alpha value is -2.24. The summed E-state index contributed by atoms with van der Waals surface area (Å²) in [6, 6.07) is 5.60. The van der Waals surface area contributed by atoms with Crippen molar-refractivity contribution >= 4 is 17.8 Å². The van der Waals surface area contributed by atoms with Crippen LogP contribution in [0.2, 0.25) is 0 Å². The third kappa shape index (κ3) is 3.11. The standard InChI is InChI=1S/C17H21F2N3O/c1-9-7-17(2,3)11-5-4-6-12(13(9)11)22-16(23)10(8-20)14(21)15(18)19/h4-6,8-9,15,20H,7,21H2,1-3H3,(H,22,23)/t9-/m1/s1. The summed E-state index contributed by atoms with van der Waals surface area (Å²) in [7, 11) is 0. The van der Waals surface area contributed by atoms with Crippen LogP contribution in [0.5, 0.6) is 0 Å². The van der Waals surface area contributed by atoms with E-state index < -0.39 is 23.6 Å².